The largest absolute Gasteiger partial charge is 0.348 e. The smallest absolute Gasteiger partial charge is 0.0408 e. The number of nitrogens with zero attached hydrogens (tertiary/aromatic N) is 1. The zero-order chi connectivity index (χ0) is 15.2. The summed E-state index contributed by atoms with van der Waals surface area (Å²) in [7, 11) is 2.10. The van der Waals surface area contributed by atoms with Crippen LogP contribution in [-0.4, -0.2) is 13.6 Å². The molecule has 1 aromatic carbocycles. The number of allylic oxidation sites excluding steroid dienone is 6. The first-order chi connectivity index (χ1) is 10.2. The lowest BCUT2D eigenvalue weighted by Crippen LogP contribution is -2.15. The average molecular weight is 280 g/mol. The molecule has 0 bridgehead atoms. The quantitative estimate of drug-likeness (QED) is 0.824. The highest BCUT2D eigenvalue weighted by Gasteiger charge is 2.13. The van der Waals surface area contributed by atoms with Gasteiger partial charge in [-0.3, -0.25) is 0 Å². The number of hydrogen-bond donors (Lipinski definition) is 1. The molecule has 0 atom stereocenters. The molecule has 0 aliphatic heterocycles. The topological polar surface area (TPSA) is 29.3 Å². The van der Waals surface area contributed by atoms with Crippen molar-refractivity contribution in [3.05, 3.63) is 72.0 Å². The fourth-order valence-corrected chi connectivity index (χ4v) is 2.60. The van der Waals surface area contributed by atoms with Gasteiger partial charge in [0.15, 0.2) is 0 Å². The molecule has 1 aliphatic rings. The molecular weight excluding hydrogens is 256 g/mol. The summed E-state index contributed by atoms with van der Waals surface area (Å²) in [6.45, 7) is 6.41. The molecule has 0 saturated carbocycles. The first kappa shape index (κ1) is 15.3. The van der Waals surface area contributed by atoms with Crippen LogP contribution in [0.15, 0.2) is 60.9 Å². The van der Waals surface area contributed by atoms with Gasteiger partial charge in [0.05, 0.1) is 0 Å². The van der Waals surface area contributed by atoms with Crippen LogP contribution >= 0.6 is 0 Å². The van der Waals surface area contributed by atoms with E-state index in [4.69, 9.17) is 5.73 Å². The third-order valence-electron chi connectivity index (χ3n) is 3.96. The van der Waals surface area contributed by atoms with Crippen molar-refractivity contribution in [2.45, 2.75) is 19.8 Å². The van der Waals surface area contributed by atoms with Gasteiger partial charge < -0.3 is 10.6 Å². The summed E-state index contributed by atoms with van der Waals surface area (Å²) in [6, 6.07) is 6.65. The minimum Gasteiger partial charge on any atom is -0.348 e. The van der Waals surface area contributed by atoms with E-state index in [1.54, 1.807) is 6.08 Å². The Morgan fingerprint density at radius 2 is 2.19 bits per heavy atom. The number of benzene rings is 1. The van der Waals surface area contributed by atoms with Crippen LogP contribution in [0, 0.1) is 0 Å². The molecule has 0 amide bonds. The minimum absolute atomic E-state index is 0.619. The van der Waals surface area contributed by atoms with E-state index in [0.29, 0.717) is 6.54 Å². The van der Waals surface area contributed by atoms with Crippen molar-refractivity contribution in [2.24, 2.45) is 5.73 Å². The van der Waals surface area contributed by atoms with Gasteiger partial charge in [0.2, 0.25) is 0 Å². The molecule has 0 saturated heterocycles. The fourth-order valence-electron chi connectivity index (χ4n) is 2.60. The van der Waals surface area contributed by atoms with Gasteiger partial charge in [0, 0.05) is 25.0 Å². The summed E-state index contributed by atoms with van der Waals surface area (Å²) in [5.41, 5.74) is 12.2. The maximum atomic E-state index is 5.83. The number of fused-ring (bicyclic) bond motifs is 1. The van der Waals surface area contributed by atoms with E-state index in [1.807, 2.05) is 12.2 Å². The molecule has 1 aromatic rings. The van der Waals surface area contributed by atoms with Crippen LogP contribution in [0.2, 0.25) is 0 Å². The van der Waals surface area contributed by atoms with Crippen molar-refractivity contribution in [2.75, 3.05) is 18.5 Å². The lowest BCUT2D eigenvalue weighted by atomic mass is 9.90. The molecule has 2 rings (SSSR count). The first-order valence-corrected chi connectivity index (χ1v) is 7.39. The predicted molar refractivity (Wildman–Crippen MR) is 93.3 cm³/mol. The molecule has 2 nitrogen and oxygen atoms in total. The summed E-state index contributed by atoms with van der Waals surface area (Å²) in [5.74, 6) is 0. The molecule has 0 heterocycles. The Morgan fingerprint density at radius 1 is 1.38 bits per heavy atom. The van der Waals surface area contributed by atoms with Gasteiger partial charge >= 0.3 is 0 Å². The van der Waals surface area contributed by atoms with Gasteiger partial charge in [-0.2, -0.15) is 0 Å². The summed E-state index contributed by atoms with van der Waals surface area (Å²) >= 11 is 0. The SMILES string of the molecule is C=C/C=C\C=C(/C)N(C)c1ccc2c(c1)CCC=C2CN. The van der Waals surface area contributed by atoms with Crippen LogP contribution in [0.25, 0.3) is 5.57 Å². The maximum Gasteiger partial charge on any atom is 0.0408 e. The lowest BCUT2D eigenvalue weighted by molar-refractivity contribution is 0.962. The standard InChI is InChI=1S/C19H24N2/c1-4-5-6-8-15(2)21(3)18-11-12-19-16(13-18)9-7-10-17(19)14-20/h4-6,8,10-13H,1,7,9,14,20H2,2-3H3/b6-5-,15-8+. The second-order valence-electron chi connectivity index (χ2n) is 5.30. The molecule has 0 spiro atoms. The summed E-state index contributed by atoms with van der Waals surface area (Å²) in [4.78, 5) is 2.20. The van der Waals surface area contributed by atoms with Crippen LogP contribution in [0.4, 0.5) is 5.69 Å². The molecule has 0 unspecified atom stereocenters. The third kappa shape index (κ3) is 3.53. The van der Waals surface area contributed by atoms with Crippen molar-refractivity contribution in [3.8, 4) is 0 Å². The van der Waals surface area contributed by atoms with Crippen molar-refractivity contribution in [1.82, 2.24) is 0 Å². The van der Waals surface area contributed by atoms with E-state index in [2.05, 4.69) is 55.8 Å². The zero-order valence-corrected chi connectivity index (χ0v) is 13.0. The van der Waals surface area contributed by atoms with E-state index in [0.717, 1.165) is 12.8 Å². The maximum absolute atomic E-state index is 5.83. The van der Waals surface area contributed by atoms with Gasteiger partial charge in [-0.15, -0.1) is 0 Å². The van der Waals surface area contributed by atoms with Gasteiger partial charge in [0.25, 0.3) is 0 Å². The van der Waals surface area contributed by atoms with E-state index < -0.39 is 0 Å². The van der Waals surface area contributed by atoms with Gasteiger partial charge in [-0.05, 0) is 54.7 Å². The summed E-state index contributed by atoms with van der Waals surface area (Å²) < 4.78 is 0. The number of nitrogens with two attached hydrogens (primary N) is 1. The summed E-state index contributed by atoms with van der Waals surface area (Å²) in [5, 5.41) is 0. The summed E-state index contributed by atoms with van der Waals surface area (Å²) in [6.07, 6.45) is 12.3. The molecule has 0 aromatic heterocycles. The number of anilines is 1. The third-order valence-corrected chi connectivity index (χ3v) is 3.96. The highest BCUT2D eigenvalue weighted by molar-refractivity contribution is 5.73. The van der Waals surface area contributed by atoms with Crippen molar-refractivity contribution >= 4 is 11.3 Å². The van der Waals surface area contributed by atoms with E-state index in [9.17, 15) is 0 Å². The van der Waals surface area contributed by atoms with Crippen molar-refractivity contribution in [1.29, 1.82) is 0 Å². The predicted octanol–water partition coefficient (Wildman–Crippen LogP) is 4.06. The fraction of sp³-hybridized carbons (Fsp3) is 0.263. The van der Waals surface area contributed by atoms with E-state index in [1.165, 1.54) is 28.1 Å². The Labute approximate surface area is 128 Å². The van der Waals surface area contributed by atoms with Crippen molar-refractivity contribution < 1.29 is 0 Å². The molecule has 0 radical (unpaired) electrons. The average Bonchev–Trinajstić information content (AvgIpc) is 2.53. The molecule has 2 N–H and O–H groups in total. The normalized spacial score (nSPS) is 14.8. The monoisotopic (exact) mass is 280 g/mol. The molecular formula is C19H24N2. The van der Waals surface area contributed by atoms with Crippen LogP contribution in [0.5, 0.6) is 0 Å². The lowest BCUT2D eigenvalue weighted by Gasteiger charge is -2.23. The van der Waals surface area contributed by atoms with Crippen LogP contribution < -0.4 is 10.6 Å². The van der Waals surface area contributed by atoms with Crippen LogP contribution in [0.1, 0.15) is 24.5 Å². The molecule has 21 heavy (non-hydrogen) atoms. The second kappa shape index (κ2) is 7.09. The highest BCUT2D eigenvalue weighted by atomic mass is 15.1. The van der Waals surface area contributed by atoms with Crippen LogP contribution in [-0.2, 0) is 6.42 Å². The molecule has 110 valence electrons. The second-order valence-corrected chi connectivity index (χ2v) is 5.30. The Hall–Kier alpha value is -2.06. The van der Waals surface area contributed by atoms with Gasteiger partial charge in [-0.1, -0.05) is 36.9 Å². The molecule has 0 fully saturated rings. The first-order valence-electron chi connectivity index (χ1n) is 7.39. The van der Waals surface area contributed by atoms with E-state index in [-0.39, 0.29) is 0 Å². The van der Waals surface area contributed by atoms with Crippen LogP contribution in [0.3, 0.4) is 0 Å². The van der Waals surface area contributed by atoms with E-state index >= 15 is 0 Å². The highest BCUT2D eigenvalue weighted by Crippen LogP contribution is 2.30. The molecule has 1 aliphatic carbocycles. The Kier molecular flexibility index (Phi) is 5.18. The molecule has 2 heteroatoms. The Balaban J connectivity index is 2.26. The number of aryl methyl sites for hydroxylation is 1. The Bertz CT molecular complexity index is 606. The van der Waals surface area contributed by atoms with Gasteiger partial charge in [-0.25, -0.2) is 0 Å². The number of hydrogen-bond acceptors (Lipinski definition) is 2. The van der Waals surface area contributed by atoms with Gasteiger partial charge in [0.1, 0.15) is 0 Å². The number of rotatable bonds is 5. The zero-order valence-electron chi connectivity index (χ0n) is 13.0. The minimum atomic E-state index is 0.619. The Morgan fingerprint density at radius 3 is 2.90 bits per heavy atom. The van der Waals surface area contributed by atoms with Crippen molar-refractivity contribution in [3.63, 3.8) is 0 Å².